The van der Waals surface area contributed by atoms with Crippen LogP contribution in [0.15, 0.2) is 67.3 Å². The van der Waals surface area contributed by atoms with Crippen LogP contribution in [0.2, 0.25) is 0 Å². The van der Waals surface area contributed by atoms with Crippen LogP contribution in [0, 0.1) is 11.7 Å². The number of pyridine rings is 3. The van der Waals surface area contributed by atoms with Gasteiger partial charge in [-0.1, -0.05) is 12.8 Å². The molecule has 0 unspecified atom stereocenters. The van der Waals surface area contributed by atoms with Crippen molar-refractivity contribution in [1.29, 1.82) is 0 Å². The van der Waals surface area contributed by atoms with E-state index in [9.17, 15) is 17.6 Å². The lowest BCUT2D eigenvalue weighted by Crippen LogP contribution is -2.21. The number of H-pyrrole nitrogens is 2. The summed E-state index contributed by atoms with van der Waals surface area (Å²) in [7, 11) is -3.44. The number of carbonyl (C=O) groups excluding carboxylic acids is 1. The summed E-state index contributed by atoms with van der Waals surface area (Å²) >= 11 is 0. The lowest BCUT2D eigenvalue weighted by atomic mass is 10.0. The lowest BCUT2D eigenvalue weighted by molar-refractivity contribution is -0.119. The molecule has 1 aromatic carbocycles. The van der Waals surface area contributed by atoms with E-state index in [1.807, 2.05) is 24.3 Å². The van der Waals surface area contributed by atoms with Gasteiger partial charge in [0.2, 0.25) is 15.9 Å². The highest BCUT2D eigenvalue weighted by Crippen LogP contribution is 2.34. The number of aromatic nitrogens is 6. The Labute approximate surface area is 257 Å². The molecule has 5 heterocycles. The summed E-state index contributed by atoms with van der Waals surface area (Å²) in [6.45, 7) is -0.0377. The van der Waals surface area contributed by atoms with Gasteiger partial charge >= 0.3 is 0 Å². The zero-order valence-corrected chi connectivity index (χ0v) is 25.1. The van der Waals surface area contributed by atoms with Crippen molar-refractivity contribution >= 4 is 43.6 Å². The van der Waals surface area contributed by atoms with E-state index in [-0.39, 0.29) is 18.4 Å². The number of hydrogen-bond donors (Lipinski definition) is 4. The van der Waals surface area contributed by atoms with Crippen molar-refractivity contribution in [3.63, 3.8) is 0 Å². The second kappa shape index (κ2) is 11.5. The average molecular weight is 625 g/mol. The molecule has 1 amide bonds. The van der Waals surface area contributed by atoms with E-state index in [4.69, 9.17) is 4.98 Å². The van der Waals surface area contributed by atoms with Crippen LogP contribution in [0.3, 0.4) is 0 Å². The maximum atomic E-state index is 14.6. The predicted octanol–water partition coefficient (Wildman–Crippen LogP) is 5.55. The van der Waals surface area contributed by atoms with Crippen molar-refractivity contribution < 1.29 is 17.6 Å². The van der Waals surface area contributed by atoms with Gasteiger partial charge in [0.25, 0.3) is 0 Å². The standard InChI is InChI=1S/C32H29FN8O3S/c1-45(43,44)36-13-18-8-20(10-22(33)9-18)25-16-35-17-29-24(25)12-28(38-29)31-30-27(40-41-31)7-6-26(39-30)21-11-23(15-34-14-21)37-32(42)19-4-2-3-5-19/h6-12,14-17,19,36,38H,2-5,13H2,1H3,(H,37,42)(H,40,41). The maximum Gasteiger partial charge on any atom is 0.227 e. The van der Waals surface area contributed by atoms with E-state index in [0.29, 0.717) is 50.5 Å². The van der Waals surface area contributed by atoms with Gasteiger partial charge in [0.1, 0.15) is 17.0 Å². The van der Waals surface area contributed by atoms with Crippen LogP contribution in [0.25, 0.3) is 55.7 Å². The van der Waals surface area contributed by atoms with Gasteiger partial charge in [-0.3, -0.25) is 19.9 Å². The molecule has 45 heavy (non-hydrogen) atoms. The number of rotatable bonds is 8. The molecule has 13 heteroatoms. The van der Waals surface area contributed by atoms with E-state index >= 15 is 0 Å². The third-order valence-corrected chi connectivity index (χ3v) is 8.71. The number of anilines is 1. The normalized spacial score (nSPS) is 14.0. The molecular formula is C32H29FN8O3S. The monoisotopic (exact) mass is 624 g/mol. The summed E-state index contributed by atoms with van der Waals surface area (Å²) in [5.74, 6) is -0.416. The number of nitrogens with one attached hydrogen (secondary N) is 4. The highest BCUT2D eigenvalue weighted by atomic mass is 32.2. The van der Waals surface area contributed by atoms with Crippen molar-refractivity contribution in [3.8, 4) is 33.8 Å². The first kappa shape index (κ1) is 28.7. The molecule has 1 aliphatic rings. The number of nitrogens with zero attached hydrogens (tertiary/aromatic N) is 4. The van der Waals surface area contributed by atoms with Gasteiger partial charge in [0.15, 0.2) is 0 Å². The third-order valence-electron chi connectivity index (χ3n) is 8.04. The maximum absolute atomic E-state index is 14.6. The van der Waals surface area contributed by atoms with Crippen molar-refractivity contribution in [2.24, 2.45) is 5.92 Å². The fourth-order valence-electron chi connectivity index (χ4n) is 5.86. The van der Waals surface area contributed by atoms with Gasteiger partial charge in [-0.15, -0.1) is 0 Å². The number of carbonyl (C=O) groups is 1. The summed E-state index contributed by atoms with van der Waals surface area (Å²) < 4.78 is 40.2. The minimum Gasteiger partial charge on any atom is -0.352 e. The van der Waals surface area contributed by atoms with Crippen LogP contribution in [-0.4, -0.2) is 50.7 Å². The van der Waals surface area contributed by atoms with Crippen LogP contribution in [0.1, 0.15) is 31.2 Å². The summed E-state index contributed by atoms with van der Waals surface area (Å²) in [6, 6.07) is 12.0. The molecular weight excluding hydrogens is 595 g/mol. The van der Waals surface area contributed by atoms with E-state index in [1.165, 1.54) is 12.1 Å². The molecule has 7 rings (SSSR count). The molecule has 1 fully saturated rings. The van der Waals surface area contributed by atoms with Crippen LogP contribution >= 0.6 is 0 Å². The number of halogens is 1. The van der Waals surface area contributed by atoms with Crippen molar-refractivity contribution in [3.05, 3.63) is 78.6 Å². The van der Waals surface area contributed by atoms with Crippen LogP contribution in [-0.2, 0) is 21.4 Å². The second-order valence-corrected chi connectivity index (χ2v) is 13.2. The van der Waals surface area contributed by atoms with E-state index in [2.05, 4.69) is 35.2 Å². The second-order valence-electron chi connectivity index (χ2n) is 11.4. The van der Waals surface area contributed by atoms with Crippen LogP contribution in [0.5, 0.6) is 0 Å². The fraction of sp³-hybridized carbons (Fsp3) is 0.219. The van der Waals surface area contributed by atoms with Gasteiger partial charge in [-0.05, 0) is 66.4 Å². The number of hydrogen-bond acceptors (Lipinski definition) is 7. The molecule has 0 spiro atoms. The fourth-order valence-corrected chi connectivity index (χ4v) is 6.29. The Bertz CT molecular complexity index is 2190. The number of aromatic amines is 2. The smallest absolute Gasteiger partial charge is 0.227 e. The SMILES string of the molecule is CS(=O)(=O)NCc1cc(F)cc(-c2cncc3[nH]c(-c4n[nH]c5ccc(-c6cncc(NC(=O)C7CCCC7)c6)nc45)cc23)c1. The Morgan fingerprint density at radius 2 is 1.80 bits per heavy atom. The summed E-state index contributed by atoms with van der Waals surface area (Å²) in [4.78, 5) is 29.6. The predicted molar refractivity (Wildman–Crippen MR) is 170 cm³/mol. The minimum atomic E-state index is -3.44. The molecule has 0 saturated heterocycles. The third kappa shape index (κ3) is 6.04. The zero-order valence-electron chi connectivity index (χ0n) is 24.3. The van der Waals surface area contributed by atoms with Crippen molar-refractivity contribution in [1.82, 2.24) is 34.9 Å². The topological polar surface area (TPSA) is 158 Å². The van der Waals surface area contributed by atoms with Gasteiger partial charge in [0, 0.05) is 41.4 Å². The van der Waals surface area contributed by atoms with Gasteiger partial charge in [-0.25, -0.2) is 22.5 Å². The van der Waals surface area contributed by atoms with Crippen molar-refractivity contribution in [2.45, 2.75) is 32.2 Å². The summed E-state index contributed by atoms with van der Waals surface area (Å²) in [6.07, 6.45) is 11.7. The van der Waals surface area contributed by atoms with Gasteiger partial charge < -0.3 is 10.3 Å². The zero-order chi connectivity index (χ0) is 31.1. The Morgan fingerprint density at radius 3 is 2.62 bits per heavy atom. The summed E-state index contributed by atoms with van der Waals surface area (Å²) in [5.41, 5.74) is 7.11. The quantitative estimate of drug-likeness (QED) is 0.173. The molecule has 1 aliphatic carbocycles. The molecule has 1 saturated carbocycles. The largest absolute Gasteiger partial charge is 0.352 e. The molecule has 0 atom stereocenters. The number of fused-ring (bicyclic) bond motifs is 2. The number of amides is 1. The minimum absolute atomic E-state index is 0.0275. The first-order chi connectivity index (χ1) is 21.7. The van der Waals surface area contributed by atoms with Crippen molar-refractivity contribution in [2.75, 3.05) is 11.6 Å². The lowest BCUT2D eigenvalue weighted by Gasteiger charge is -2.11. The Hall–Kier alpha value is -5.01. The highest BCUT2D eigenvalue weighted by Gasteiger charge is 2.23. The Kier molecular flexibility index (Phi) is 7.34. The molecule has 5 aromatic heterocycles. The summed E-state index contributed by atoms with van der Waals surface area (Å²) in [5, 5.41) is 11.4. The Balaban J connectivity index is 1.22. The molecule has 4 N–H and O–H groups in total. The number of sulfonamides is 1. The molecule has 0 aliphatic heterocycles. The molecule has 11 nitrogen and oxygen atoms in total. The van der Waals surface area contributed by atoms with E-state index in [0.717, 1.165) is 48.4 Å². The van der Waals surface area contributed by atoms with Crippen LogP contribution in [0.4, 0.5) is 10.1 Å². The first-order valence-corrected chi connectivity index (χ1v) is 16.4. The van der Waals surface area contributed by atoms with Crippen LogP contribution < -0.4 is 10.0 Å². The molecule has 0 radical (unpaired) electrons. The van der Waals surface area contributed by atoms with E-state index in [1.54, 1.807) is 30.9 Å². The average Bonchev–Trinajstić information content (AvgIpc) is 3.79. The van der Waals surface area contributed by atoms with E-state index < -0.39 is 15.8 Å². The Morgan fingerprint density at radius 1 is 0.978 bits per heavy atom. The first-order valence-electron chi connectivity index (χ1n) is 14.5. The van der Waals surface area contributed by atoms with Gasteiger partial charge in [0.05, 0.1) is 46.8 Å². The molecule has 0 bridgehead atoms. The molecule has 228 valence electrons. The van der Waals surface area contributed by atoms with Gasteiger partial charge in [-0.2, -0.15) is 5.10 Å². The number of benzene rings is 1. The molecule has 6 aromatic rings. The highest BCUT2D eigenvalue weighted by molar-refractivity contribution is 7.88.